The lowest BCUT2D eigenvalue weighted by Crippen LogP contribution is -2.46. The topological polar surface area (TPSA) is 111 Å². The largest absolute Gasteiger partial charge is 0.432 e. The molecule has 0 unspecified atom stereocenters. The van der Waals surface area contributed by atoms with Crippen molar-refractivity contribution in [3.8, 4) is 0 Å². The summed E-state index contributed by atoms with van der Waals surface area (Å²) in [5.41, 5.74) is 2.09. The summed E-state index contributed by atoms with van der Waals surface area (Å²) in [6.45, 7) is 6.84. The first-order chi connectivity index (χ1) is 21.9. The minimum absolute atomic E-state index is 0.0412. The molecule has 3 amide bonds. The molecule has 3 heterocycles. The van der Waals surface area contributed by atoms with Gasteiger partial charge in [-0.25, -0.2) is 0 Å². The maximum Gasteiger partial charge on any atom is 0.264 e. The first-order valence-corrected chi connectivity index (χ1v) is 19.2. The van der Waals surface area contributed by atoms with Crippen molar-refractivity contribution >= 4 is 49.0 Å². The Bertz CT molecular complexity index is 1630. The SMILES string of the molecule is C[C@@H]1[C@@H]([Si](C)(C)O)[C@H](CC(=O)N(CCO)Cc2ccccc2)O[C@@]12C(=O)N(Cc1ccc(N3CCC3=O)cc1)c1ccc(Cl)cc12. The first kappa shape index (κ1) is 32.4. The molecule has 4 atom stereocenters. The van der Waals surface area contributed by atoms with Gasteiger partial charge in [0, 0.05) is 53.8 Å². The van der Waals surface area contributed by atoms with Gasteiger partial charge in [-0.15, -0.1) is 0 Å². The first-order valence-electron chi connectivity index (χ1n) is 15.8. The molecule has 11 heteroatoms. The standard InChI is InChI=1S/C35H40ClN3O6Si/c1-23-33(46(2,3)44)30(20-32(42)37(17-18-40)21-24-7-5-4-6-8-24)45-35(23)28-19-26(36)11-14-29(28)39(34(35)43)22-25-9-12-27(13-10-25)38-16-15-31(38)41/h4-14,19,23,30,33,40,44H,15-18,20-22H2,1-3H3/t23-,30+,33-,35+/m1/s1. The number of nitrogens with zero attached hydrogens (tertiary/aromatic N) is 3. The fourth-order valence-corrected chi connectivity index (χ4v) is 10.2. The molecule has 6 rings (SSSR count). The third-order valence-corrected chi connectivity index (χ3v) is 12.4. The van der Waals surface area contributed by atoms with Crippen molar-refractivity contribution in [3.05, 3.63) is 94.5 Å². The van der Waals surface area contributed by atoms with E-state index in [0.717, 1.165) is 16.8 Å². The molecular formula is C35H40ClN3O6Si. The van der Waals surface area contributed by atoms with Crippen LogP contribution in [0.1, 0.15) is 36.5 Å². The van der Waals surface area contributed by atoms with E-state index in [4.69, 9.17) is 16.3 Å². The molecule has 242 valence electrons. The van der Waals surface area contributed by atoms with E-state index in [-0.39, 0.29) is 43.8 Å². The van der Waals surface area contributed by atoms with Gasteiger partial charge in [-0.05, 0) is 54.6 Å². The average molecular weight is 662 g/mol. The van der Waals surface area contributed by atoms with Gasteiger partial charge in [0.15, 0.2) is 13.9 Å². The Balaban J connectivity index is 1.31. The lowest BCUT2D eigenvalue weighted by Gasteiger charge is -2.33. The quantitative estimate of drug-likeness (QED) is 0.238. The van der Waals surface area contributed by atoms with Crippen molar-refractivity contribution in [1.29, 1.82) is 0 Å². The molecule has 9 nitrogen and oxygen atoms in total. The maximum atomic E-state index is 14.7. The molecule has 2 N–H and O–H groups in total. The number of halogens is 1. The van der Waals surface area contributed by atoms with Crippen molar-refractivity contribution in [2.45, 2.75) is 63.2 Å². The molecular weight excluding hydrogens is 622 g/mol. The lowest BCUT2D eigenvalue weighted by atomic mass is 9.82. The number of benzene rings is 3. The second-order valence-corrected chi connectivity index (χ2v) is 17.5. The number of β-lactam (4-membered cyclic amide) rings is 1. The van der Waals surface area contributed by atoms with E-state index in [2.05, 4.69) is 0 Å². The average Bonchev–Trinajstić information content (AvgIpc) is 3.43. The molecule has 2 saturated heterocycles. The number of aliphatic hydroxyl groups excluding tert-OH is 1. The molecule has 0 aliphatic carbocycles. The van der Waals surface area contributed by atoms with Crippen LogP contribution in [0.4, 0.5) is 11.4 Å². The van der Waals surface area contributed by atoms with Gasteiger partial charge in [-0.1, -0.05) is 61.0 Å². The molecule has 3 aliphatic heterocycles. The van der Waals surface area contributed by atoms with E-state index in [1.54, 1.807) is 26.8 Å². The van der Waals surface area contributed by atoms with Gasteiger partial charge in [-0.2, -0.15) is 0 Å². The van der Waals surface area contributed by atoms with Crippen molar-refractivity contribution in [1.82, 2.24) is 4.90 Å². The van der Waals surface area contributed by atoms with Gasteiger partial charge in [-0.3, -0.25) is 14.4 Å². The Morgan fingerprint density at radius 2 is 1.78 bits per heavy atom. The van der Waals surface area contributed by atoms with Gasteiger partial charge in [0.05, 0.1) is 31.4 Å². The third kappa shape index (κ3) is 5.77. The van der Waals surface area contributed by atoms with Crippen LogP contribution in [-0.4, -0.2) is 66.6 Å². The number of hydrogen-bond acceptors (Lipinski definition) is 6. The molecule has 0 bridgehead atoms. The molecule has 0 aromatic heterocycles. The molecule has 1 spiro atoms. The Morgan fingerprint density at radius 1 is 1.07 bits per heavy atom. The fourth-order valence-electron chi connectivity index (χ4n) is 7.48. The highest BCUT2D eigenvalue weighted by molar-refractivity contribution is 6.71. The Kier molecular flexibility index (Phi) is 8.86. The van der Waals surface area contributed by atoms with Crippen molar-refractivity contribution in [3.63, 3.8) is 0 Å². The number of hydrogen-bond donors (Lipinski definition) is 2. The number of rotatable bonds is 10. The Morgan fingerprint density at radius 3 is 2.39 bits per heavy atom. The van der Waals surface area contributed by atoms with E-state index < -0.39 is 31.5 Å². The smallest absolute Gasteiger partial charge is 0.264 e. The molecule has 0 radical (unpaired) electrons. The summed E-state index contributed by atoms with van der Waals surface area (Å²) in [5.74, 6) is -0.828. The number of aliphatic hydroxyl groups is 1. The van der Waals surface area contributed by atoms with Crippen LogP contribution in [0, 0.1) is 5.92 Å². The summed E-state index contributed by atoms with van der Waals surface area (Å²) >= 11 is 6.52. The minimum Gasteiger partial charge on any atom is -0.432 e. The summed E-state index contributed by atoms with van der Waals surface area (Å²) in [5, 5.41) is 10.2. The van der Waals surface area contributed by atoms with Crippen LogP contribution in [0.5, 0.6) is 0 Å². The summed E-state index contributed by atoms with van der Waals surface area (Å²) < 4.78 is 6.83. The molecule has 2 fully saturated rings. The minimum atomic E-state index is -3.00. The molecule has 3 aromatic rings. The van der Waals surface area contributed by atoms with Crippen LogP contribution in [0.25, 0.3) is 0 Å². The highest BCUT2D eigenvalue weighted by atomic mass is 35.5. The third-order valence-electron chi connectivity index (χ3n) is 9.70. The number of ether oxygens (including phenoxy) is 1. The summed E-state index contributed by atoms with van der Waals surface area (Å²) in [4.78, 5) is 57.1. The molecule has 3 aromatic carbocycles. The van der Waals surface area contributed by atoms with Crippen LogP contribution in [0.2, 0.25) is 23.7 Å². The van der Waals surface area contributed by atoms with Gasteiger partial charge >= 0.3 is 0 Å². The predicted octanol–water partition coefficient (Wildman–Crippen LogP) is 4.83. The highest BCUT2D eigenvalue weighted by Crippen LogP contribution is 2.60. The van der Waals surface area contributed by atoms with Crippen LogP contribution < -0.4 is 9.80 Å². The van der Waals surface area contributed by atoms with Gasteiger partial charge in [0.25, 0.3) is 5.91 Å². The van der Waals surface area contributed by atoms with Crippen LogP contribution in [0.3, 0.4) is 0 Å². The van der Waals surface area contributed by atoms with Crippen LogP contribution in [-0.2, 0) is 37.8 Å². The van der Waals surface area contributed by atoms with E-state index in [1.165, 1.54) is 0 Å². The van der Waals surface area contributed by atoms with Crippen molar-refractivity contribution in [2.24, 2.45) is 5.92 Å². The van der Waals surface area contributed by atoms with Gasteiger partial charge < -0.3 is 29.3 Å². The molecule has 0 saturated carbocycles. The highest BCUT2D eigenvalue weighted by Gasteiger charge is 2.66. The predicted molar refractivity (Wildman–Crippen MR) is 179 cm³/mol. The number of anilines is 2. The fraction of sp³-hybridized carbons (Fsp3) is 0.400. The van der Waals surface area contributed by atoms with E-state index in [1.807, 2.05) is 80.7 Å². The van der Waals surface area contributed by atoms with Gasteiger partial charge in [0.2, 0.25) is 11.8 Å². The zero-order valence-electron chi connectivity index (χ0n) is 26.4. The number of carbonyl (C=O) groups excluding carboxylic acids is 3. The summed E-state index contributed by atoms with van der Waals surface area (Å²) in [6.07, 6.45) is -0.215. The second kappa shape index (κ2) is 12.6. The van der Waals surface area contributed by atoms with Crippen molar-refractivity contribution in [2.75, 3.05) is 29.5 Å². The van der Waals surface area contributed by atoms with Crippen molar-refractivity contribution < 1.29 is 29.0 Å². The maximum absolute atomic E-state index is 14.7. The van der Waals surface area contributed by atoms with E-state index in [9.17, 15) is 24.3 Å². The summed E-state index contributed by atoms with van der Waals surface area (Å²) in [7, 11) is -3.00. The summed E-state index contributed by atoms with van der Waals surface area (Å²) in [6, 6.07) is 22.5. The van der Waals surface area contributed by atoms with Crippen LogP contribution >= 0.6 is 11.6 Å². The monoisotopic (exact) mass is 661 g/mol. The van der Waals surface area contributed by atoms with Gasteiger partial charge in [0.1, 0.15) is 0 Å². The molecule has 3 aliphatic rings. The zero-order valence-corrected chi connectivity index (χ0v) is 28.1. The number of carbonyl (C=O) groups is 3. The Hall–Kier alpha value is -3.54. The normalized spacial score (nSPS) is 24.0. The van der Waals surface area contributed by atoms with E-state index in [0.29, 0.717) is 35.8 Å². The Labute approximate surface area is 275 Å². The lowest BCUT2D eigenvalue weighted by molar-refractivity contribution is -0.150. The molecule has 46 heavy (non-hydrogen) atoms. The van der Waals surface area contributed by atoms with Crippen LogP contribution in [0.15, 0.2) is 72.8 Å². The zero-order chi connectivity index (χ0) is 32.8. The number of amides is 3. The number of fused-ring (bicyclic) bond motifs is 2. The second-order valence-electron chi connectivity index (χ2n) is 13.1. The van der Waals surface area contributed by atoms with E-state index >= 15 is 0 Å².